The molecule has 38 heavy (non-hydrogen) atoms. The van der Waals surface area contributed by atoms with Crippen molar-refractivity contribution in [1.29, 1.82) is 0 Å². The molecule has 206 valence electrons. The molecule has 1 saturated heterocycles. The molecule has 6 rings (SSSR count). The van der Waals surface area contributed by atoms with Crippen molar-refractivity contribution >= 4 is 12.3 Å². The van der Waals surface area contributed by atoms with Crippen LogP contribution in [-0.4, -0.2) is 48.1 Å². The number of nitrogens with zero attached hydrogens (tertiary/aromatic N) is 1. The predicted molar refractivity (Wildman–Crippen MR) is 147 cm³/mol. The summed E-state index contributed by atoms with van der Waals surface area (Å²) in [4.78, 5) is 29.1. The molecule has 5 nitrogen and oxygen atoms in total. The number of carbonyl (C=O) groups excluding carboxylic acids is 1. The molecule has 4 aliphatic carbocycles. The average molecular weight is 520 g/mol. The van der Waals surface area contributed by atoms with E-state index in [1.165, 1.54) is 5.56 Å². The van der Waals surface area contributed by atoms with Gasteiger partial charge in [-0.1, -0.05) is 76.1 Å². The van der Waals surface area contributed by atoms with E-state index in [1.807, 2.05) is 13.0 Å². The first kappa shape index (κ1) is 26.3. The third kappa shape index (κ3) is 3.36. The second-order valence-electron chi connectivity index (χ2n) is 13.9. The van der Waals surface area contributed by atoms with Crippen LogP contribution in [0.25, 0.3) is 0 Å². The topological polar surface area (TPSA) is 66.8 Å². The third-order valence-corrected chi connectivity index (χ3v) is 11.8. The van der Waals surface area contributed by atoms with Crippen LogP contribution in [0, 0.1) is 51.8 Å². The number of ether oxygens (including phenoxy) is 1. The minimum Gasteiger partial charge on any atom is -0.481 e. The lowest BCUT2D eigenvalue weighted by Gasteiger charge is -2.48. The molecule has 0 aromatic heterocycles. The molecule has 1 aromatic carbocycles. The number of allylic oxidation sites excluding steroid dienone is 1. The van der Waals surface area contributed by atoms with E-state index >= 15 is 0 Å². The van der Waals surface area contributed by atoms with E-state index in [2.05, 4.69) is 63.1 Å². The molecule has 4 fully saturated rings. The van der Waals surface area contributed by atoms with Crippen LogP contribution < -0.4 is 0 Å². The number of rotatable bonds is 8. The highest BCUT2D eigenvalue weighted by Crippen LogP contribution is 2.85. The minimum atomic E-state index is -1.12. The molecule has 0 bridgehead atoms. The summed E-state index contributed by atoms with van der Waals surface area (Å²) in [7, 11) is 2.16. The van der Waals surface area contributed by atoms with E-state index in [9.17, 15) is 14.7 Å². The minimum absolute atomic E-state index is 0.0382. The van der Waals surface area contributed by atoms with Gasteiger partial charge in [0.1, 0.15) is 11.7 Å². The summed E-state index contributed by atoms with van der Waals surface area (Å²) in [6.45, 7) is 10.3. The highest BCUT2D eigenvalue weighted by Gasteiger charge is 2.86. The number of carboxylic acids is 1. The molecule has 0 radical (unpaired) electrons. The Morgan fingerprint density at radius 2 is 1.92 bits per heavy atom. The Bertz CT molecular complexity index is 1130. The van der Waals surface area contributed by atoms with Gasteiger partial charge in [0.2, 0.25) is 0 Å². The first-order chi connectivity index (χ1) is 18.1. The molecule has 0 amide bonds. The van der Waals surface area contributed by atoms with Crippen molar-refractivity contribution in [3.05, 3.63) is 47.5 Å². The fourth-order valence-corrected chi connectivity index (χ4v) is 10.3. The van der Waals surface area contributed by atoms with Gasteiger partial charge in [-0.2, -0.15) is 0 Å². The zero-order chi connectivity index (χ0) is 27.0. The molecule has 1 N–H and O–H groups in total. The quantitative estimate of drug-likeness (QED) is 0.345. The molecule has 1 aliphatic heterocycles. The van der Waals surface area contributed by atoms with Crippen LogP contribution in [0.5, 0.6) is 0 Å². The van der Waals surface area contributed by atoms with Gasteiger partial charge in [-0.15, -0.1) is 0 Å². The monoisotopic (exact) mass is 519 g/mol. The summed E-state index contributed by atoms with van der Waals surface area (Å²) >= 11 is 0. The van der Waals surface area contributed by atoms with Crippen molar-refractivity contribution in [1.82, 2.24) is 4.90 Å². The average Bonchev–Trinajstić information content (AvgIpc) is 3.27. The van der Waals surface area contributed by atoms with Crippen molar-refractivity contribution in [2.45, 2.75) is 78.6 Å². The molecular formula is C33H45NO4. The van der Waals surface area contributed by atoms with Gasteiger partial charge in [0.05, 0.1) is 12.2 Å². The van der Waals surface area contributed by atoms with E-state index in [0.29, 0.717) is 11.8 Å². The largest absolute Gasteiger partial charge is 0.481 e. The summed E-state index contributed by atoms with van der Waals surface area (Å²) in [5.41, 5.74) is 0.128. The molecule has 0 spiro atoms. The maximum absolute atomic E-state index is 13.6. The van der Waals surface area contributed by atoms with Crippen LogP contribution in [0.1, 0.15) is 65.4 Å². The molecular weight excluding hydrogens is 474 g/mol. The van der Waals surface area contributed by atoms with Gasteiger partial charge >= 0.3 is 5.97 Å². The molecule has 1 heterocycles. The zero-order valence-electron chi connectivity index (χ0n) is 23.7. The first-order valence-corrected chi connectivity index (χ1v) is 14.9. The van der Waals surface area contributed by atoms with Crippen LogP contribution in [-0.2, 0) is 20.9 Å². The van der Waals surface area contributed by atoms with Crippen LogP contribution in [0.4, 0.5) is 0 Å². The molecule has 5 heteroatoms. The van der Waals surface area contributed by atoms with Crippen molar-refractivity contribution < 1.29 is 19.4 Å². The summed E-state index contributed by atoms with van der Waals surface area (Å²) in [6.07, 6.45) is 8.66. The Morgan fingerprint density at radius 3 is 2.58 bits per heavy atom. The standard InChI is InChI=1S/C33H45NO4/c1-20(2)26-15-27-29-32(27,28-14-12-23(38-28)18-34(5)17-22-9-7-6-8-10-22)16-24-21(3)11-13-25(24)31(4,19-35)33(26,29)30(36)37/h6-10,15,19-21,23-25,27-29H,11-14,16-18H2,1-5H3,(H,36,37)/t21-,23?,24-,25-,27?,28?,29?,31?,32?,33?/m1/s1. The van der Waals surface area contributed by atoms with Gasteiger partial charge in [0.15, 0.2) is 0 Å². The second-order valence-corrected chi connectivity index (χ2v) is 13.9. The van der Waals surface area contributed by atoms with Gasteiger partial charge in [0.25, 0.3) is 0 Å². The van der Waals surface area contributed by atoms with E-state index in [1.54, 1.807) is 0 Å². The second kappa shape index (κ2) is 9.02. The summed E-state index contributed by atoms with van der Waals surface area (Å²) in [6, 6.07) is 10.5. The summed E-state index contributed by atoms with van der Waals surface area (Å²) < 4.78 is 6.92. The lowest BCUT2D eigenvalue weighted by molar-refractivity contribution is -0.163. The van der Waals surface area contributed by atoms with Crippen molar-refractivity contribution in [3.8, 4) is 0 Å². The Morgan fingerprint density at radius 1 is 1.18 bits per heavy atom. The van der Waals surface area contributed by atoms with Gasteiger partial charge in [-0.3, -0.25) is 9.69 Å². The smallest absolute Gasteiger partial charge is 0.315 e. The fraction of sp³-hybridized carbons (Fsp3) is 0.697. The number of carboxylic acid groups (broad SMARTS) is 1. The molecule has 5 aliphatic rings. The van der Waals surface area contributed by atoms with Gasteiger partial charge in [0, 0.05) is 23.9 Å². The van der Waals surface area contributed by atoms with E-state index in [-0.39, 0.29) is 41.3 Å². The molecule has 1 aromatic rings. The molecule has 3 saturated carbocycles. The van der Waals surface area contributed by atoms with Gasteiger partial charge in [-0.05, 0) is 73.8 Å². The Labute approximate surface area is 228 Å². The van der Waals surface area contributed by atoms with E-state index in [0.717, 1.165) is 57.1 Å². The Hall–Kier alpha value is -1.98. The first-order valence-electron chi connectivity index (χ1n) is 14.9. The number of hydrogen-bond donors (Lipinski definition) is 1. The lowest BCUT2D eigenvalue weighted by Crippen LogP contribution is -2.54. The molecule has 10 atom stereocenters. The van der Waals surface area contributed by atoms with Crippen LogP contribution in [0.3, 0.4) is 0 Å². The van der Waals surface area contributed by atoms with E-state index < -0.39 is 16.8 Å². The number of fused-ring (bicyclic) bond motifs is 2. The Kier molecular flexibility index (Phi) is 6.23. The van der Waals surface area contributed by atoms with Crippen molar-refractivity contribution in [3.63, 3.8) is 0 Å². The number of carbonyl (C=O) groups is 2. The van der Waals surface area contributed by atoms with Crippen LogP contribution in [0.2, 0.25) is 0 Å². The maximum atomic E-state index is 13.6. The van der Waals surface area contributed by atoms with E-state index in [4.69, 9.17) is 4.74 Å². The van der Waals surface area contributed by atoms with Crippen molar-refractivity contribution in [2.24, 2.45) is 51.8 Å². The van der Waals surface area contributed by atoms with Gasteiger partial charge in [-0.25, -0.2) is 0 Å². The van der Waals surface area contributed by atoms with Crippen LogP contribution >= 0.6 is 0 Å². The lowest BCUT2D eigenvalue weighted by atomic mass is 9.52. The normalized spacial score (nSPS) is 45.0. The summed E-state index contributed by atoms with van der Waals surface area (Å²) in [5.74, 6) is 0.498. The number of aliphatic carboxylic acids is 1. The third-order valence-electron chi connectivity index (χ3n) is 11.8. The molecule has 7 unspecified atom stereocenters. The predicted octanol–water partition coefficient (Wildman–Crippen LogP) is 5.84. The number of likely N-dealkylation sites (N-methyl/N-ethyl adjacent to an activating group) is 1. The number of hydrogen-bond acceptors (Lipinski definition) is 4. The van der Waals surface area contributed by atoms with Gasteiger partial charge < -0.3 is 14.6 Å². The van der Waals surface area contributed by atoms with Crippen molar-refractivity contribution in [2.75, 3.05) is 13.6 Å². The number of aldehydes is 1. The summed E-state index contributed by atoms with van der Waals surface area (Å²) in [5, 5.41) is 11.1. The number of benzene rings is 1. The highest BCUT2D eigenvalue weighted by molar-refractivity contribution is 5.89. The maximum Gasteiger partial charge on any atom is 0.315 e. The zero-order valence-corrected chi connectivity index (χ0v) is 23.7. The SMILES string of the molecule is CC(C)C1=CC2C3C2(C2CCC(CN(C)Cc4ccccc4)O2)C[C@@H]2[C@H](C)CC[C@H]2C(C)(C=O)C13C(=O)O. The Balaban J connectivity index is 1.33. The van der Waals surface area contributed by atoms with Crippen LogP contribution in [0.15, 0.2) is 42.0 Å². The fourth-order valence-electron chi connectivity index (χ4n) is 10.3. The highest BCUT2D eigenvalue weighted by atomic mass is 16.5.